The lowest BCUT2D eigenvalue weighted by Gasteiger charge is -2.19. The van der Waals surface area contributed by atoms with E-state index >= 15 is 0 Å². The van der Waals surface area contributed by atoms with Gasteiger partial charge in [0.15, 0.2) is 0 Å². The van der Waals surface area contributed by atoms with Gasteiger partial charge in [0.2, 0.25) is 16.9 Å². The van der Waals surface area contributed by atoms with Gasteiger partial charge in [-0.05, 0) is 24.5 Å². The Morgan fingerprint density at radius 3 is 2.88 bits per heavy atom. The summed E-state index contributed by atoms with van der Waals surface area (Å²) in [6, 6.07) is 8.01. The Balaban J connectivity index is 1.72. The summed E-state index contributed by atoms with van der Waals surface area (Å²) in [5.74, 6) is 0.0793. The van der Waals surface area contributed by atoms with Gasteiger partial charge in [-0.2, -0.15) is 0 Å². The molecule has 0 aliphatic carbocycles. The first-order chi connectivity index (χ1) is 12.1. The largest absolute Gasteiger partial charge is 0.311 e. The van der Waals surface area contributed by atoms with Gasteiger partial charge in [-0.1, -0.05) is 43.4 Å². The smallest absolute Gasteiger partial charge is 0.227 e. The predicted molar refractivity (Wildman–Crippen MR) is 99.0 cm³/mol. The van der Waals surface area contributed by atoms with E-state index in [0.29, 0.717) is 24.5 Å². The van der Waals surface area contributed by atoms with E-state index in [2.05, 4.69) is 28.5 Å². The van der Waals surface area contributed by atoms with Crippen molar-refractivity contribution in [2.75, 3.05) is 16.8 Å². The van der Waals surface area contributed by atoms with E-state index < -0.39 is 0 Å². The Kier molecular flexibility index (Phi) is 5.43. The van der Waals surface area contributed by atoms with Gasteiger partial charge in [-0.25, -0.2) is 0 Å². The molecule has 2 amide bonds. The van der Waals surface area contributed by atoms with Gasteiger partial charge in [0.1, 0.15) is 5.01 Å². The maximum absolute atomic E-state index is 12.5. The van der Waals surface area contributed by atoms with Crippen LogP contribution in [0.2, 0.25) is 0 Å². The molecule has 0 bridgehead atoms. The third kappa shape index (κ3) is 3.87. The van der Waals surface area contributed by atoms with Crippen LogP contribution in [0, 0.1) is 0 Å². The molecule has 1 saturated heterocycles. The van der Waals surface area contributed by atoms with Crippen LogP contribution in [0.4, 0.5) is 10.8 Å². The molecular formula is C18H22N4O2S. The highest BCUT2D eigenvalue weighted by Crippen LogP contribution is 2.35. The Morgan fingerprint density at radius 1 is 1.32 bits per heavy atom. The molecule has 1 aromatic carbocycles. The highest BCUT2D eigenvalue weighted by Gasteiger charge is 2.34. The van der Waals surface area contributed by atoms with Gasteiger partial charge in [0.05, 0.1) is 0 Å². The fraction of sp³-hybridized carbons (Fsp3) is 0.444. The number of amides is 2. The van der Waals surface area contributed by atoms with Crippen LogP contribution in [0.1, 0.15) is 49.6 Å². The summed E-state index contributed by atoms with van der Waals surface area (Å²) in [5.41, 5.74) is 2.15. The third-order valence-corrected chi connectivity index (χ3v) is 5.30. The molecule has 0 unspecified atom stereocenters. The Bertz CT molecular complexity index is 774. The van der Waals surface area contributed by atoms with E-state index in [1.165, 1.54) is 16.9 Å². The van der Waals surface area contributed by atoms with Gasteiger partial charge in [0.25, 0.3) is 0 Å². The van der Waals surface area contributed by atoms with E-state index in [1.54, 1.807) is 0 Å². The number of para-hydroxylation sites is 1. The van der Waals surface area contributed by atoms with Gasteiger partial charge in [-0.3, -0.25) is 9.59 Å². The van der Waals surface area contributed by atoms with Crippen molar-refractivity contribution < 1.29 is 9.59 Å². The molecular weight excluding hydrogens is 336 g/mol. The highest BCUT2D eigenvalue weighted by molar-refractivity contribution is 7.15. The topological polar surface area (TPSA) is 75.2 Å². The van der Waals surface area contributed by atoms with Crippen molar-refractivity contribution in [3.8, 4) is 0 Å². The van der Waals surface area contributed by atoms with E-state index in [-0.39, 0.29) is 17.7 Å². The van der Waals surface area contributed by atoms with E-state index in [0.717, 1.165) is 23.5 Å². The van der Waals surface area contributed by atoms with Gasteiger partial charge >= 0.3 is 0 Å². The van der Waals surface area contributed by atoms with Crippen molar-refractivity contribution in [1.29, 1.82) is 0 Å². The number of carbonyl (C=O) groups excluding carboxylic acids is 2. The lowest BCUT2D eigenvalue weighted by atomic mass is 10.1. The van der Waals surface area contributed by atoms with Crippen molar-refractivity contribution >= 4 is 34.0 Å². The van der Waals surface area contributed by atoms with Crippen LogP contribution in [0.3, 0.4) is 0 Å². The van der Waals surface area contributed by atoms with Crippen molar-refractivity contribution in [1.82, 2.24) is 10.2 Å². The van der Waals surface area contributed by atoms with Crippen molar-refractivity contribution in [2.24, 2.45) is 0 Å². The summed E-state index contributed by atoms with van der Waals surface area (Å²) >= 11 is 1.36. The lowest BCUT2D eigenvalue weighted by Crippen LogP contribution is -2.25. The molecule has 25 heavy (non-hydrogen) atoms. The zero-order chi connectivity index (χ0) is 17.8. The zero-order valence-corrected chi connectivity index (χ0v) is 15.3. The number of benzene rings is 1. The second-order valence-corrected chi connectivity index (χ2v) is 7.14. The normalized spacial score (nSPS) is 17.1. The number of hydrogen-bond donors (Lipinski definition) is 1. The fourth-order valence-electron chi connectivity index (χ4n) is 3.04. The molecule has 6 nitrogen and oxygen atoms in total. The van der Waals surface area contributed by atoms with Crippen LogP contribution >= 0.6 is 11.3 Å². The zero-order valence-electron chi connectivity index (χ0n) is 14.5. The molecule has 2 aromatic rings. The molecule has 7 heteroatoms. The monoisotopic (exact) mass is 358 g/mol. The van der Waals surface area contributed by atoms with Crippen molar-refractivity contribution in [3.05, 3.63) is 34.8 Å². The molecule has 0 radical (unpaired) electrons. The second-order valence-electron chi connectivity index (χ2n) is 6.13. The lowest BCUT2D eigenvalue weighted by molar-refractivity contribution is -0.117. The van der Waals surface area contributed by atoms with Crippen molar-refractivity contribution in [3.63, 3.8) is 0 Å². The molecule has 2 heterocycles. The average Bonchev–Trinajstić information content (AvgIpc) is 3.21. The summed E-state index contributed by atoms with van der Waals surface area (Å²) in [4.78, 5) is 26.0. The molecule has 3 rings (SSSR count). The minimum atomic E-state index is -0.0498. The molecule has 1 atom stereocenters. The number of carbonyl (C=O) groups is 2. The average molecular weight is 358 g/mol. The first-order valence-corrected chi connectivity index (χ1v) is 9.45. The maximum Gasteiger partial charge on any atom is 0.227 e. The summed E-state index contributed by atoms with van der Waals surface area (Å²) in [7, 11) is 0. The molecule has 1 fully saturated rings. The van der Waals surface area contributed by atoms with Crippen LogP contribution in [-0.2, 0) is 16.0 Å². The number of nitrogens with one attached hydrogen (secondary N) is 1. The number of aromatic nitrogens is 2. The number of aryl methyl sites for hydroxylation is 1. The van der Waals surface area contributed by atoms with Crippen LogP contribution in [0.25, 0.3) is 0 Å². The Morgan fingerprint density at radius 2 is 2.12 bits per heavy atom. The van der Waals surface area contributed by atoms with Gasteiger partial charge in [0, 0.05) is 31.0 Å². The first kappa shape index (κ1) is 17.5. The van der Waals surface area contributed by atoms with Crippen LogP contribution < -0.4 is 10.2 Å². The minimum Gasteiger partial charge on any atom is -0.311 e. The minimum absolute atomic E-state index is 0.0201. The number of anilines is 2. The standard InChI is InChI=1S/C18H22N4O2S/c1-3-7-15(23)19-18-21-20-17(25-18)13-10-16(24)22(11-13)14-9-6-5-8-12(14)4-2/h5-6,8-9,13H,3-4,7,10-11H2,1-2H3,(H,19,21,23)/t13-/m1/s1. The Labute approximate surface area is 151 Å². The van der Waals surface area contributed by atoms with E-state index in [4.69, 9.17) is 0 Å². The molecule has 1 aromatic heterocycles. The van der Waals surface area contributed by atoms with Crippen LogP contribution in [0.5, 0.6) is 0 Å². The fourth-order valence-corrected chi connectivity index (χ4v) is 3.89. The van der Waals surface area contributed by atoms with Crippen molar-refractivity contribution in [2.45, 2.75) is 45.4 Å². The Hall–Kier alpha value is -2.28. The molecule has 0 saturated carbocycles. The number of hydrogen-bond acceptors (Lipinski definition) is 5. The summed E-state index contributed by atoms with van der Waals surface area (Å²) in [6.07, 6.45) is 2.57. The van der Waals surface area contributed by atoms with Gasteiger partial charge in [-0.15, -0.1) is 10.2 Å². The molecule has 1 N–H and O–H groups in total. The molecule has 132 valence electrons. The summed E-state index contributed by atoms with van der Waals surface area (Å²) < 4.78 is 0. The maximum atomic E-state index is 12.5. The number of nitrogens with zero attached hydrogens (tertiary/aromatic N) is 3. The molecule has 1 aliphatic rings. The van der Waals surface area contributed by atoms with E-state index in [9.17, 15) is 9.59 Å². The third-order valence-electron chi connectivity index (χ3n) is 4.30. The van der Waals surface area contributed by atoms with Gasteiger partial charge < -0.3 is 10.2 Å². The van der Waals surface area contributed by atoms with Crippen LogP contribution in [0.15, 0.2) is 24.3 Å². The van der Waals surface area contributed by atoms with E-state index in [1.807, 2.05) is 30.0 Å². The molecule has 0 spiro atoms. The summed E-state index contributed by atoms with van der Waals surface area (Å²) in [5, 5.41) is 12.3. The SMILES string of the molecule is CCCC(=O)Nc1nnc([C@@H]2CC(=O)N(c3ccccc3CC)C2)s1. The van der Waals surface area contributed by atoms with Crippen LogP contribution in [-0.4, -0.2) is 28.6 Å². The quantitative estimate of drug-likeness (QED) is 0.859. The highest BCUT2D eigenvalue weighted by atomic mass is 32.1. The predicted octanol–water partition coefficient (Wildman–Crippen LogP) is 3.36. The number of rotatable bonds is 6. The first-order valence-electron chi connectivity index (χ1n) is 8.63. The summed E-state index contributed by atoms with van der Waals surface area (Å²) in [6.45, 7) is 4.65. The molecule has 1 aliphatic heterocycles. The second kappa shape index (κ2) is 7.74.